The van der Waals surface area contributed by atoms with E-state index in [0.29, 0.717) is 12.8 Å². The Labute approximate surface area is 112 Å². The predicted molar refractivity (Wildman–Crippen MR) is 68.9 cm³/mol. The molecule has 0 aliphatic rings. The fourth-order valence-corrected chi connectivity index (χ4v) is 1.96. The van der Waals surface area contributed by atoms with Gasteiger partial charge in [-0.2, -0.15) is 13.2 Å². The molecule has 0 rings (SSSR count). The van der Waals surface area contributed by atoms with Gasteiger partial charge in [-0.15, -0.1) is 0 Å². The van der Waals surface area contributed by atoms with Crippen molar-refractivity contribution in [2.45, 2.75) is 59.6 Å². The van der Waals surface area contributed by atoms with Crippen molar-refractivity contribution in [1.82, 2.24) is 0 Å². The Bertz CT molecular complexity index is 330. The molecule has 19 heavy (non-hydrogen) atoms. The highest BCUT2D eigenvalue weighted by molar-refractivity contribution is 5.94. The normalized spacial score (nSPS) is 16.5. The zero-order valence-electron chi connectivity index (χ0n) is 12.0. The number of halogens is 3. The summed E-state index contributed by atoms with van der Waals surface area (Å²) in [6.07, 6.45) is -3.20. The molecule has 1 N–H and O–H groups in total. The summed E-state index contributed by atoms with van der Waals surface area (Å²) >= 11 is 0. The smallest absolute Gasteiger partial charge is 0.390 e. The van der Waals surface area contributed by atoms with Crippen LogP contribution in [0, 0.1) is 11.3 Å². The first-order valence-corrected chi connectivity index (χ1v) is 6.61. The lowest BCUT2D eigenvalue weighted by molar-refractivity contribution is -0.163. The Morgan fingerprint density at radius 3 is 2.00 bits per heavy atom. The minimum Gasteiger partial charge on any atom is -0.512 e. The lowest BCUT2D eigenvalue weighted by Crippen LogP contribution is -2.32. The van der Waals surface area contributed by atoms with Crippen molar-refractivity contribution in [3.63, 3.8) is 0 Å². The molecule has 0 heterocycles. The van der Waals surface area contributed by atoms with Gasteiger partial charge in [-0.05, 0) is 19.3 Å². The van der Waals surface area contributed by atoms with E-state index in [-0.39, 0.29) is 18.1 Å². The lowest BCUT2D eigenvalue weighted by Gasteiger charge is -2.26. The van der Waals surface area contributed by atoms with Gasteiger partial charge in [0, 0.05) is 17.4 Å². The third-order valence-electron chi connectivity index (χ3n) is 3.65. The SMILES string of the molecule is CCC(CC)/C(O)=C/C(=O)C(C)(CC)CC(F)(F)F. The summed E-state index contributed by atoms with van der Waals surface area (Å²) in [6.45, 7) is 6.56. The monoisotopic (exact) mass is 280 g/mol. The minimum atomic E-state index is -4.39. The number of rotatable bonds is 7. The van der Waals surface area contributed by atoms with E-state index in [0.717, 1.165) is 6.08 Å². The Balaban J connectivity index is 5.09. The molecular formula is C14H23F3O2. The maximum absolute atomic E-state index is 12.5. The molecule has 1 atom stereocenters. The van der Waals surface area contributed by atoms with Crippen molar-refractivity contribution in [2.75, 3.05) is 0 Å². The average Bonchev–Trinajstić information content (AvgIpc) is 2.28. The summed E-state index contributed by atoms with van der Waals surface area (Å²) in [5.41, 5.74) is -1.50. The summed E-state index contributed by atoms with van der Waals surface area (Å²) in [6, 6.07) is 0. The first-order valence-electron chi connectivity index (χ1n) is 6.61. The van der Waals surface area contributed by atoms with E-state index in [1.165, 1.54) is 6.92 Å². The first kappa shape index (κ1) is 18.0. The summed E-state index contributed by atoms with van der Waals surface area (Å²) in [7, 11) is 0. The second-order valence-electron chi connectivity index (χ2n) is 5.15. The summed E-state index contributed by atoms with van der Waals surface area (Å²) < 4.78 is 37.5. The van der Waals surface area contributed by atoms with Gasteiger partial charge < -0.3 is 5.11 Å². The number of hydrogen-bond acceptors (Lipinski definition) is 2. The quantitative estimate of drug-likeness (QED) is 0.537. The molecule has 0 amide bonds. The summed E-state index contributed by atoms with van der Waals surface area (Å²) in [5, 5.41) is 9.80. The number of ketones is 1. The first-order chi connectivity index (χ1) is 8.59. The average molecular weight is 280 g/mol. The number of alkyl halides is 3. The molecule has 0 aliphatic carbocycles. The highest BCUT2D eigenvalue weighted by Crippen LogP contribution is 2.37. The van der Waals surface area contributed by atoms with Crippen LogP contribution in [-0.4, -0.2) is 17.1 Å². The maximum Gasteiger partial charge on any atom is 0.390 e. The molecule has 2 nitrogen and oxygen atoms in total. The van der Waals surface area contributed by atoms with Gasteiger partial charge in [0.15, 0.2) is 5.78 Å². The van der Waals surface area contributed by atoms with Crippen molar-refractivity contribution in [1.29, 1.82) is 0 Å². The molecule has 0 aromatic carbocycles. The number of aliphatic hydroxyl groups is 1. The van der Waals surface area contributed by atoms with Crippen LogP contribution in [0.2, 0.25) is 0 Å². The highest BCUT2D eigenvalue weighted by atomic mass is 19.4. The van der Waals surface area contributed by atoms with E-state index < -0.39 is 23.8 Å². The second-order valence-corrected chi connectivity index (χ2v) is 5.15. The topological polar surface area (TPSA) is 37.3 Å². The largest absolute Gasteiger partial charge is 0.512 e. The van der Waals surface area contributed by atoms with E-state index in [1.54, 1.807) is 6.92 Å². The molecule has 0 radical (unpaired) electrons. The summed E-state index contributed by atoms with van der Waals surface area (Å²) in [5.74, 6) is -0.940. The van der Waals surface area contributed by atoms with Crippen LogP contribution in [0.25, 0.3) is 0 Å². The van der Waals surface area contributed by atoms with Gasteiger partial charge >= 0.3 is 6.18 Å². The fourth-order valence-electron chi connectivity index (χ4n) is 1.96. The van der Waals surface area contributed by atoms with Crippen LogP contribution in [-0.2, 0) is 4.79 Å². The van der Waals surface area contributed by atoms with Gasteiger partial charge in [0.05, 0.1) is 12.2 Å². The van der Waals surface area contributed by atoms with Crippen LogP contribution in [0.4, 0.5) is 13.2 Å². The molecule has 0 spiro atoms. The molecule has 0 saturated carbocycles. The van der Waals surface area contributed by atoms with Gasteiger partial charge in [0.2, 0.25) is 0 Å². The number of aliphatic hydroxyl groups excluding tert-OH is 1. The number of carbonyl (C=O) groups is 1. The predicted octanol–water partition coefficient (Wildman–Crippen LogP) is 4.80. The van der Waals surface area contributed by atoms with Crippen molar-refractivity contribution >= 4 is 5.78 Å². The van der Waals surface area contributed by atoms with Crippen LogP contribution in [0.1, 0.15) is 53.4 Å². The Morgan fingerprint density at radius 2 is 1.68 bits per heavy atom. The van der Waals surface area contributed by atoms with Gasteiger partial charge in [0.1, 0.15) is 0 Å². The Morgan fingerprint density at radius 1 is 1.21 bits per heavy atom. The Hall–Kier alpha value is -1.00. The molecule has 0 bridgehead atoms. The lowest BCUT2D eigenvalue weighted by atomic mass is 9.78. The van der Waals surface area contributed by atoms with E-state index in [2.05, 4.69) is 0 Å². The third-order valence-corrected chi connectivity index (χ3v) is 3.65. The molecule has 0 aromatic heterocycles. The van der Waals surface area contributed by atoms with E-state index in [4.69, 9.17) is 0 Å². The molecule has 112 valence electrons. The Kier molecular flexibility index (Phi) is 6.60. The molecule has 1 unspecified atom stereocenters. The fraction of sp³-hybridized carbons (Fsp3) is 0.786. The molecular weight excluding hydrogens is 257 g/mol. The number of carbonyl (C=O) groups excluding carboxylic acids is 1. The summed E-state index contributed by atoms with van der Waals surface area (Å²) in [4.78, 5) is 12.0. The second kappa shape index (κ2) is 6.96. The molecule has 0 fully saturated rings. The molecule has 5 heteroatoms. The van der Waals surface area contributed by atoms with Crippen molar-refractivity contribution in [3.8, 4) is 0 Å². The molecule has 0 aromatic rings. The minimum absolute atomic E-state index is 0.0814. The molecule has 0 saturated heterocycles. The van der Waals surface area contributed by atoms with Crippen LogP contribution in [0.5, 0.6) is 0 Å². The van der Waals surface area contributed by atoms with Crippen molar-refractivity contribution in [2.24, 2.45) is 11.3 Å². The van der Waals surface area contributed by atoms with Crippen LogP contribution in [0.15, 0.2) is 11.8 Å². The van der Waals surface area contributed by atoms with Crippen LogP contribution < -0.4 is 0 Å². The van der Waals surface area contributed by atoms with Gasteiger partial charge in [0.25, 0.3) is 0 Å². The van der Waals surface area contributed by atoms with E-state index in [1.807, 2.05) is 13.8 Å². The number of allylic oxidation sites excluding steroid dienone is 2. The zero-order chi connectivity index (χ0) is 15.3. The maximum atomic E-state index is 12.5. The van der Waals surface area contributed by atoms with E-state index >= 15 is 0 Å². The standard InChI is InChI=1S/C14H23F3O2/c1-5-10(6-2)11(18)8-12(19)13(4,7-3)9-14(15,16)17/h8,10,18H,5-7,9H2,1-4H3/b11-8-. The third kappa shape index (κ3) is 5.66. The van der Waals surface area contributed by atoms with Gasteiger partial charge in [-0.25, -0.2) is 0 Å². The zero-order valence-corrected chi connectivity index (χ0v) is 12.0. The van der Waals surface area contributed by atoms with E-state index in [9.17, 15) is 23.1 Å². The van der Waals surface area contributed by atoms with Crippen LogP contribution >= 0.6 is 0 Å². The van der Waals surface area contributed by atoms with Crippen molar-refractivity contribution < 1.29 is 23.1 Å². The van der Waals surface area contributed by atoms with Gasteiger partial charge in [-0.3, -0.25) is 4.79 Å². The molecule has 0 aliphatic heterocycles. The van der Waals surface area contributed by atoms with Crippen LogP contribution in [0.3, 0.4) is 0 Å². The number of hydrogen-bond donors (Lipinski definition) is 1. The van der Waals surface area contributed by atoms with Gasteiger partial charge in [-0.1, -0.05) is 27.7 Å². The highest BCUT2D eigenvalue weighted by Gasteiger charge is 2.42. The van der Waals surface area contributed by atoms with Crippen molar-refractivity contribution in [3.05, 3.63) is 11.8 Å².